The highest BCUT2D eigenvalue weighted by Crippen LogP contribution is 2.26. The second-order valence-corrected chi connectivity index (χ2v) is 9.90. The number of hydrogen-bond acceptors (Lipinski definition) is 8. The van der Waals surface area contributed by atoms with Gasteiger partial charge in [-0.25, -0.2) is 8.42 Å². The molecule has 8 nitrogen and oxygen atoms in total. The molecular weight excluding hydrogens is 406 g/mol. The van der Waals surface area contributed by atoms with E-state index >= 15 is 0 Å². The number of carbonyl (C=O) groups is 2. The van der Waals surface area contributed by atoms with Gasteiger partial charge < -0.3 is 19.1 Å². The van der Waals surface area contributed by atoms with E-state index in [9.17, 15) is 18.0 Å². The number of nitrogens with zero attached hydrogens (tertiary/aromatic N) is 1. The summed E-state index contributed by atoms with van der Waals surface area (Å²) in [6.45, 7) is -0.0244. The van der Waals surface area contributed by atoms with Crippen LogP contribution in [0.15, 0.2) is 18.2 Å². The zero-order valence-electron chi connectivity index (χ0n) is 16.2. The molecule has 1 saturated heterocycles. The lowest BCUT2D eigenvalue weighted by Crippen LogP contribution is -2.37. The summed E-state index contributed by atoms with van der Waals surface area (Å²) in [5.41, 5.74) is 0.738. The first kappa shape index (κ1) is 22.4. The van der Waals surface area contributed by atoms with Crippen LogP contribution < -0.4 is 9.47 Å². The van der Waals surface area contributed by atoms with Crippen molar-refractivity contribution in [3.8, 4) is 11.5 Å². The molecule has 156 valence electrons. The van der Waals surface area contributed by atoms with Crippen LogP contribution in [0.2, 0.25) is 0 Å². The van der Waals surface area contributed by atoms with Crippen LogP contribution in [0.1, 0.15) is 12.0 Å². The Hall–Kier alpha value is -1.94. The first-order valence-electron chi connectivity index (χ1n) is 8.65. The quantitative estimate of drug-likeness (QED) is 0.537. The van der Waals surface area contributed by atoms with E-state index in [2.05, 4.69) is 0 Å². The summed E-state index contributed by atoms with van der Waals surface area (Å²) in [5.74, 6) is 0.704. The van der Waals surface area contributed by atoms with E-state index in [1.165, 1.54) is 38.0 Å². The molecule has 1 aromatic carbocycles. The van der Waals surface area contributed by atoms with Crippen molar-refractivity contribution in [1.82, 2.24) is 4.90 Å². The predicted molar refractivity (Wildman–Crippen MR) is 106 cm³/mol. The van der Waals surface area contributed by atoms with Crippen molar-refractivity contribution < 1.29 is 32.2 Å². The molecule has 0 N–H and O–H groups in total. The predicted octanol–water partition coefficient (Wildman–Crippen LogP) is 1.13. The van der Waals surface area contributed by atoms with E-state index in [-0.39, 0.29) is 41.5 Å². The van der Waals surface area contributed by atoms with Gasteiger partial charge >= 0.3 is 5.97 Å². The van der Waals surface area contributed by atoms with Gasteiger partial charge in [-0.3, -0.25) is 9.59 Å². The Balaban J connectivity index is 2.08. The number of thioether (sulfide) groups is 1. The fraction of sp³-hybridized carbons (Fsp3) is 0.556. The van der Waals surface area contributed by atoms with Crippen LogP contribution in [-0.4, -0.2) is 75.6 Å². The summed E-state index contributed by atoms with van der Waals surface area (Å²) in [4.78, 5) is 25.9. The number of carbonyl (C=O) groups excluding carboxylic acids is 2. The third kappa shape index (κ3) is 6.59. The fourth-order valence-corrected chi connectivity index (χ4v) is 6.35. The lowest BCUT2D eigenvalue weighted by molar-refractivity contribution is -0.146. The van der Waals surface area contributed by atoms with E-state index in [0.717, 1.165) is 5.56 Å². The number of hydrogen-bond donors (Lipinski definition) is 0. The second-order valence-electron chi connectivity index (χ2n) is 6.38. The second kappa shape index (κ2) is 10.0. The molecule has 1 aromatic rings. The molecule has 1 atom stereocenters. The molecule has 0 spiro atoms. The van der Waals surface area contributed by atoms with E-state index in [1.807, 2.05) is 0 Å². The maximum atomic E-state index is 12.7. The lowest BCUT2D eigenvalue weighted by Gasteiger charge is -2.22. The van der Waals surface area contributed by atoms with Gasteiger partial charge in [-0.2, -0.15) is 0 Å². The third-order valence-electron chi connectivity index (χ3n) is 4.32. The molecule has 1 amide bonds. The summed E-state index contributed by atoms with van der Waals surface area (Å²) in [6.07, 6.45) is 0.546. The monoisotopic (exact) mass is 431 g/mol. The summed E-state index contributed by atoms with van der Waals surface area (Å²) in [7, 11) is 1.32. The molecule has 2 rings (SSSR count). The van der Waals surface area contributed by atoms with E-state index < -0.39 is 15.8 Å². The zero-order chi connectivity index (χ0) is 20.7. The summed E-state index contributed by atoms with van der Waals surface area (Å²) < 4.78 is 38.3. The van der Waals surface area contributed by atoms with Gasteiger partial charge in [-0.1, -0.05) is 0 Å². The molecule has 0 aliphatic carbocycles. The number of sulfone groups is 1. The molecule has 0 radical (unpaired) electrons. The van der Waals surface area contributed by atoms with Gasteiger partial charge in [-0.15, -0.1) is 11.8 Å². The van der Waals surface area contributed by atoms with Crippen molar-refractivity contribution in [3.63, 3.8) is 0 Å². The fourth-order valence-electron chi connectivity index (χ4n) is 2.80. The van der Waals surface area contributed by atoms with Crippen molar-refractivity contribution in [1.29, 1.82) is 0 Å². The van der Waals surface area contributed by atoms with Crippen LogP contribution >= 0.6 is 11.8 Å². The van der Waals surface area contributed by atoms with Crippen LogP contribution in [0, 0.1) is 0 Å². The molecule has 0 bridgehead atoms. The molecule has 1 unspecified atom stereocenters. The molecule has 1 aliphatic heterocycles. The Bertz CT molecular complexity index is 788. The summed E-state index contributed by atoms with van der Waals surface area (Å²) >= 11 is 1.31. The largest absolute Gasteiger partial charge is 0.497 e. The first-order valence-corrected chi connectivity index (χ1v) is 11.5. The molecule has 10 heteroatoms. The third-order valence-corrected chi connectivity index (χ3v) is 7.58. The van der Waals surface area contributed by atoms with Gasteiger partial charge in [0.2, 0.25) is 5.91 Å². The Kier molecular flexibility index (Phi) is 7.99. The van der Waals surface area contributed by atoms with Crippen LogP contribution in [0.4, 0.5) is 0 Å². The minimum absolute atomic E-state index is 0.0918. The van der Waals surface area contributed by atoms with Gasteiger partial charge in [0.05, 0.1) is 38.6 Å². The van der Waals surface area contributed by atoms with Gasteiger partial charge in [-0.05, 0) is 24.1 Å². The van der Waals surface area contributed by atoms with Crippen LogP contribution in [-0.2, 0) is 30.7 Å². The molecule has 1 aliphatic rings. The number of ether oxygens (including phenoxy) is 3. The topological polar surface area (TPSA) is 99.2 Å². The Morgan fingerprint density at radius 3 is 2.29 bits per heavy atom. The van der Waals surface area contributed by atoms with Crippen LogP contribution in [0.5, 0.6) is 11.5 Å². The highest BCUT2D eigenvalue weighted by atomic mass is 32.2. The Morgan fingerprint density at radius 1 is 1.14 bits per heavy atom. The summed E-state index contributed by atoms with van der Waals surface area (Å²) in [6, 6.07) is 5.24. The van der Waals surface area contributed by atoms with Crippen molar-refractivity contribution in [2.45, 2.75) is 18.2 Å². The lowest BCUT2D eigenvalue weighted by atomic mass is 10.2. The summed E-state index contributed by atoms with van der Waals surface area (Å²) in [5, 5.41) is -0.0918. The number of benzene rings is 1. The Labute approximate surface area is 169 Å². The van der Waals surface area contributed by atoms with Gasteiger partial charge in [0.1, 0.15) is 18.0 Å². The standard InChI is InChI=1S/C18H25NO7S2/c1-24-14-6-13(7-15(8-14)25-2)9-19(10-18(21)26-3)17(20)11-27-16-4-5-28(22,23)12-16/h6-8,16H,4-5,9-12H2,1-3H3. The first-order chi connectivity index (χ1) is 13.3. The smallest absolute Gasteiger partial charge is 0.325 e. The van der Waals surface area contributed by atoms with Crippen molar-refractivity contribution in [2.24, 2.45) is 0 Å². The van der Waals surface area contributed by atoms with Crippen LogP contribution in [0.25, 0.3) is 0 Å². The molecule has 1 heterocycles. The SMILES string of the molecule is COC(=O)CN(Cc1cc(OC)cc(OC)c1)C(=O)CSC1CCS(=O)(=O)C1. The average Bonchev–Trinajstić information content (AvgIpc) is 3.03. The van der Waals surface area contributed by atoms with Crippen LogP contribution in [0.3, 0.4) is 0 Å². The van der Waals surface area contributed by atoms with Crippen molar-refractivity contribution in [3.05, 3.63) is 23.8 Å². The maximum Gasteiger partial charge on any atom is 0.325 e. The minimum Gasteiger partial charge on any atom is -0.497 e. The highest BCUT2D eigenvalue weighted by molar-refractivity contribution is 8.02. The number of rotatable bonds is 9. The van der Waals surface area contributed by atoms with Gasteiger partial charge in [0, 0.05) is 17.9 Å². The maximum absolute atomic E-state index is 12.7. The van der Waals surface area contributed by atoms with Crippen molar-refractivity contribution >= 4 is 33.5 Å². The average molecular weight is 432 g/mol. The number of methoxy groups -OCH3 is 3. The van der Waals surface area contributed by atoms with Gasteiger partial charge in [0.15, 0.2) is 9.84 Å². The number of amides is 1. The molecule has 0 aromatic heterocycles. The van der Waals surface area contributed by atoms with Gasteiger partial charge in [0.25, 0.3) is 0 Å². The molecule has 1 fully saturated rings. The minimum atomic E-state index is -3.00. The Morgan fingerprint density at radius 2 is 1.79 bits per heavy atom. The van der Waals surface area contributed by atoms with E-state index in [0.29, 0.717) is 17.9 Å². The number of esters is 1. The molecule has 28 heavy (non-hydrogen) atoms. The molecule has 0 saturated carbocycles. The molecular formula is C18H25NO7S2. The van der Waals surface area contributed by atoms with Crippen molar-refractivity contribution in [2.75, 3.05) is 45.1 Å². The van der Waals surface area contributed by atoms with E-state index in [4.69, 9.17) is 14.2 Å². The van der Waals surface area contributed by atoms with E-state index in [1.54, 1.807) is 18.2 Å². The zero-order valence-corrected chi connectivity index (χ0v) is 17.8. The normalized spacial score (nSPS) is 17.8. The highest BCUT2D eigenvalue weighted by Gasteiger charge is 2.29.